The number of benzene rings is 2. The number of anilines is 1. The summed E-state index contributed by atoms with van der Waals surface area (Å²) in [5.74, 6) is -1.60. The quantitative estimate of drug-likeness (QED) is 0.689. The third kappa shape index (κ3) is 4.45. The van der Waals surface area contributed by atoms with E-state index < -0.39 is 23.8 Å². The number of nitrogens with one attached hydrogen (secondary N) is 1. The summed E-state index contributed by atoms with van der Waals surface area (Å²) < 4.78 is 5.37. The summed E-state index contributed by atoms with van der Waals surface area (Å²) >= 11 is 12.0. The predicted molar refractivity (Wildman–Crippen MR) is 118 cm³/mol. The molecule has 0 aliphatic carbocycles. The molecule has 2 aromatic rings. The Balaban J connectivity index is 1.46. The van der Waals surface area contributed by atoms with E-state index in [0.29, 0.717) is 18.9 Å². The van der Waals surface area contributed by atoms with Gasteiger partial charge in [0.1, 0.15) is 6.04 Å². The van der Waals surface area contributed by atoms with Crippen LogP contribution in [-0.4, -0.2) is 59.9 Å². The van der Waals surface area contributed by atoms with Crippen LogP contribution in [0.1, 0.15) is 33.2 Å². The molecule has 1 atom stereocenters. The van der Waals surface area contributed by atoms with Gasteiger partial charge in [-0.2, -0.15) is 0 Å². The summed E-state index contributed by atoms with van der Waals surface area (Å²) in [6, 6.07) is 9.23. The first-order valence-corrected chi connectivity index (χ1v) is 10.7. The van der Waals surface area contributed by atoms with Crippen molar-refractivity contribution in [1.29, 1.82) is 0 Å². The van der Waals surface area contributed by atoms with E-state index in [2.05, 4.69) is 10.2 Å². The van der Waals surface area contributed by atoms with E-state index in [9.17, 15) is 14.4 Å². The molecule has 162 valence electrons. The Morgan fingerprint density at radius 3 is 2.29 bits per heavy atom. The molecule has 7 nitrogen and oxygen atoms in total. The molecule has 9 heteroatoms. The zero-order chi connectivity index (χ0) is 22.1. The van der Waals surface area contributed by atoms with Crippen molar-refractivity contribution in [3.63, 3.8) is 0 Å². The Morgan fingerprint density at radius 2 is 1.68 bits per heavy atom. The largest absolute Gasteiger partial charge is 0.379 e. The first-order valence-electron chi connectivity index (χ1n) is 9.92. The summed E-state index contributed by atoms with van der Waals surface area (Å²) in [4.78, 5) is 41.6. The maximum atomic E-state index is 12.8. The van der Waals surface area contributed by atoms with Crippen molar-refractivity contribution in [3.05, 3.63) is 63.1 Å². The number of hydrogen-bond donors (Lipinski definition) is 1. The number of hydrogen-bond acceptors (Lipinski definition) is 5. The van der Waals surface area contributed by atoms with Gasteiger partial charge in [-0.1, -0.05) is 35.3 Å². The molecule has 0 radical (unpaired) electrons. The lowest BCUT2D eigenvalue weighted by molar-refractivity contribution is -0.119. The number of imide groups is 1. The molecule has 2 aliphatic rings. The molecule has 2 heterocycles. The van der Waals surface area contributed by atoms with Crippen molar-refractivity contribution in [1.82, 2.24) is 9.80 Å². The van der Waals surface area contributed by atoms with Crippen molar-refractivity contribution in [2.75, 3.05) is 31.6 Å². The molecule has 2 aromatic carbocycles. The molecule has 0 bridgehead atoms. The molecule has 0 spiro atoms. The Morgan fingerprint density at radius 1 is 1.06 bits per heavy atom. The molecular formula is C22H21Cl2N3O4. The van der Waals surface area contributed by atoms with Crippen LogP contribution < -0.4 is 5.32 Å². The first kappa shape index (κ1) is 21.8. The average Bonchev–Trinajstić information content (AvgIpc) is 2.98. The maximum absolute atomic E-state index is 12.8. The maximum Gasteiger partial charge on any atom is 0.262 e. The van der Waals surface area contributed by atoms with Crippen LogP contribution in [0.3, 0.4) is 0 Å². The second-order valence-corrected chi connectivity index (χ2v) is 8.36. The Bertz CT molecular complexity index is 1010. The van der Waals surface area contributed by atoms with Gasteiger partial charge in [-0.15, -0.1) is 0 Å². The van der Waals surface area contributed by atoms with Gasteiger partial charge in [0, 0.05) is 25.3 Å². The van der Waals surface area contributed by atoms with Crippen molar-refractivity contribution < 1.29 is 19.1 Å². The Hall–Kier alpha value is -2.45. The molecule has 1 saturated heterocycles. The van der Waals surface area contributed by atoms with Gasteiger partial charge in [0.2, 0.25) is 5.91 Å². The van der Waals surface area contributed by atoms with Crippen LogP contribution in [0.4, 0.5) is 5.69 Å². The molecule has 0 aromatic heterocycles. The van der Waals surface area contributed by atoms with E-state index in [4.69, 9.17) is 27.9 Å². The third-order valence-electron chi connectivity index (χ3n) is 5.43. The van der Waals surface area contributed by atoms with Crippen LogP contribution in [-0.2, 0) is 16.1 Å². The zero-order valence-corrected chi connectivity index (χ0v) is 18.4. The van der Waals surface area contributed by atoms with E-state index in [1.807, 2.05) is 18.2 Å². The van der Waals surface area contributed by atoms with Gasteiger partial charge >= 0.3 is 0 Å². The minimum atomic E-state index is -1.01. The van der Waals surface area contributed by atoms with Crippen molar-refractivity contribution in [3.8, 4) is 0 Å². The Kier molecular flexibility index (Phi) is 6.29. The van der Waals surface area contributed by atoms with Crippen molar-refractivity contribution in [2.24, 2.45) is 0 Å². The van der Waals surface area contributed by atoms with Crippen LogP contribution in [0.5, 0.6) is 0 Å². The highest BCUT2D eigenvalue weighted by Gasteiger charge is 2.41. The molecule has 4 rings (SSSR count). The molecule has 2 aliphatic heterocycles. The normalized spacial score (nSPS) is 17.6. The minimum Gasteiger partial charge on any atom is -0.379 e. The van der Waals surface area contributed by atoms with E-state index in [-0.39, 0.29) is 21.2 Å². The highest BCUT2D eigenvalue weighted by atomic mass is 35.5. The number of nitrogens with zero attached hydrogens (tertiary/aromatic N) is 2. The predicted octanol–water partition coefficient (Wildman–Crippen LogP) is 3.45. The molecule has 31 heavy (non-hydrogen) atoms. The summed E-state index contributed by atoms with van der Waals surface area (Å²) in [7, 11) is 0. The molecule has 0 saturated carbocycles. The van der Waals surface area contributed by atoms with Crippen LogP contribution >= 0.6 is 23.2 Å². The standard InChI is InChI=1S/C22H21Cl2N3O4/c1-13(27-21(29)16-10-18(23)19(24)11-17(16)22(27)30)20(28)25-15-4-2-3-14(9-15)12-26-5-7-31-8-6-26/h2-4,9-11,13H,5-8,12H2,1H3,(H,25,28). The summed E-state index contributed by atoms with van der Waals surface area (Å²) in [5.41, 5.74) is 1.95. The average molecular weight is 462 g/mol. The lowest BCUT2D eigenvalue weighted by Gasteiger charge is -2.26. The molecular weight excluding hydrogens is 441 g/mol. The fourth-order valence-corrected chi connectivity index (χ4v) is 4.06. The van der Waals surface area contributed by atoms with Crippen LogP contribution in [0, 0.1) is 0 Å². The molecule has 1 unspecified atom stereocenters. The monoisotopic (exact) mass is 461 g/mol. The van der Waals surface area contributed by atoms with E-state index >= 15 is 0 Å². The summed E-state index contributed by atoms with van der Waals surface area (Å²) in [6.45, 7) is 5.42. The van der Waals surface area contributed by atoms with Gasteiger partial charge in [0.25, 0.3) is 11.8 Å². The smallest absolute Gasteiger partial charge is 0.262 e. The van der Waals surface area contributed by atoms with Crippen molar-refractivity contribution >= 4 is 46.6 Å². The van der Waals surface area contributed by atoms with Gasteiger partial charge in [0.15, 0.2) is 0 Å². The number of morpholine rings is 1. The van der Waals surface area contributed by atoms with E-state index in [1.54, 1.807) is 6.07 Å². The highest BCUT2D eigenvalue weighted by molar-refractivity contribution is 6.43. The van der Waals surface area contributed by atoms with Crippen LogP contribution in [0.2, 0.25) is 10.0 Å². The van der Waals surface area contributed by atoms with Gasteiger partial charge in [-0.05, 0) is 36.8 Å². The second kappa shape index (κ2) is 8.96. The second-order valence-electron chi connectivity index (χ2n) is 7.55. The van der Waals surface area contributed by atoms with Gasteiger partial charge < -0.3 is 10.1 Å². The molecule has 3 amide bonds. The fraction of sp³-hybridized carbons (Fsp3) is 0.318. The topological polar surface area (TPSA) is 79.0 Å². The van der Waals surface area contributed by atoms with Gasteiger partial charge in [-0.3, -0.25) is 24.2 Å². The zero-order valence-electron chi connectivity index (χ0n) is 16.9. The third-order valence-corrected chi connectivity index (χ3v) is 6.15. The SMILES string of the molecule is CC(C(=O)Nc1cccc(CN2CCOCC2)c1)N1C(=O)c2cc(Cl)c(Cl)cc2C1=O. The van der Waals surface area contributed by atoms with E-state index in [0.717, 1.165) is 30.1 Å². The van der Waals surface area contributed by atoms with Gasteiger partial charge in [0.05, 0.1) is 34.4 Å². The molecule has 1 fully saturated rings. The lowest BCUT2D eigenvalue weighted by atomic mass is 10.1. The van der Waals surface area contributed by atoms with Crippen LogP contribution in [0.15, 0.2) is 36.4 Å². The number of amides is 3. The summed E-state index contributed by atoms with van der Waals surface area (Å²) in [5, 5.41) is 3.16. The van der Waals surface area contributed by atoms with Crippen LogP contribution in [0.25, 0.3) is 0 Å². The van der Waals surface area contributed by atoms with E-state index in [1.165, 1.54) is 19.1 Å². The number of carbonyl (C=O) groups excluding carboxylic acids is 3. The number of fused-ring (bicyclic) bond motifs is 1. The number of ether oxygens (including phenoxy) is 1. The summed E-state index contributed by atoms with van der Waals surface area (Å²) in [6.07, 6.45) is 0. The van der Waals surface area contributed by atoms with Gasteiger partial charge in [-0.25, -0.2) is 0 Å². The Labute approximate surface area is 189 Å². The molecule has 1 N–H and O–H groups in total. The minimum absolute atomic E-state index is 0.145. The highest BCUT2D eigenvalue weighted by Crippen LogP contribution is 2.32. The first-order chi connectivity index (χ1) is 14.8. The fourth-order valence-electron chi connectivity index (χ4n) is 3.73. The van der Waals surface area contributed by atoms with Crippen molar-refractivity contribution in [2.45, 2.75) is 19.5 Å². The lowest BCUT2D eigenvalue weighted by Crippen LogP contribution is -2.45. The number of halogens is 2. The number of carbonyl (C=O) groups is 3. The number of rotatable bonds is 5.